The lowest BCUT2D eigenvalue weighted by Gasteiger charge is -2.16. The van der Waals surface area contributed by atoms with Gasteiger partial charge in [0.25, 0.3) is 11.8 Å². The van der Waals surface area contributed by atoms with Crippen molar-refractivity contribution in [2.24, 2.45) is 0 Å². The topological polar surface area (TPSA) is 58.6 Å². The molecule has 1 aliphatic heterocycles. The number of anilines is 2. The number of aryl methyl sites for hydroxylation is 3. The molecule has 0 unspecified atom stereocenters. The average Bonchev–Trinajstić information content (AvgIpc) is 3.12. The third-order valence-electron chi connectivity index (χ3n) is 6.00. The third-order valence-corrected chi connectivity index (χ3v) is 7.09. The molecule has 5 nitrogen and oxygen atoms in total. The van der Waals surface area contributed by atoms with Crippen LogP contribution in [0.4, 0.5) is 11.4 Å². The first-order valence-electron chi connectivity index (χ1n) is 11.9. The number of carbonyl (C=O) groups is 2. The molecule has 6 heteroatoms. The minimum Gasteiger partial charge on any atom is -0.457 e. The number of nitrogens with one attached hydrogen (secondary N) is 1. The summed E-state index contributed by atoms with van der Waals surface area (Å²) in [5.41, 5.74) is 4.78. The summed E-state index contributed by atoms with van der Waals surface area (Å²) in [5, 5.41) is 3.26. The van der Waals surface area contributed by atoms with Gasteiger partial charge in [-0.25, -0.2) is 4.90 Å². The van der Waals surface area contributed by atoms with E-state index in [1.807, 2.05) is 93.6 Å². The molecule has 184 valence electrons. The molecular formula is C31H26N2O3S. The maximum absolute atomic E-state index is 13.7. The second kappa shape index (κ2) is 10.4. The van der Waals surface area contributed by atoms with Crippen LogP contribution < -0.4 is 15.0 Å². The van der Waals surface area contributed by atoms with Crippen LogP contribution in [-0.2, 0) is 9.59 Å². The first-order chi connectivity index (χ1) is 17.9. The van der Waals surface area contributed by atoms with E-state index >= 15 is 0 Å². The van der Waals surface area contributed by atoms with E-state index < -0.39 is 5.91 Å². The minimum atomic E-state index is -0.392. The Bertz CT molecular complexity index is 1490. The zero-order valence-electron chi connectivity index (χ0n) is 20.8. The number of imide groups is 1. The average molecular weight is 507 g/mol. The normalized spacial score (nSPS) is 13.3. The Kier molecular flexibility index (Phi) is 6.84. The third kappa shape index (κ3) is 5.29. The highest BCUT2D eigenvalue weighted by Gasteiger charge is 2.40. The highest BCUT2D eigenvalue weighted by Crippen LogP contribution is 2.39. The van der Waals surface area contributed by atoms with E-state index in [-0.39, 0.29) is 11.6 Å². The van der Waals surface area contributed by atoms with E-state index in [1.165, 1.54) is 16.7 Å². The lowest BCUT2D eigenvalue weighted by atomic mass is 10.1. The van der Waals surface area contributed by atoms with Gasteiger partial charge in [0.05, 0.1) is 5.69 Å². The number of hydrogen-bond donors (Lipinski definition) is 1. The fraction of sp³-hybridized carbons (Fsp3) is 0.0968. The van der Waals surface area contributed by atoms with Gasteiger partial charge in [-0.15, -0.1) is 0 Å². The van der Waals surface area contributed by atoms with Crippen LogP contribution in [0, 0.1) is 20.8 Å². The van der Waals surface area contributed by atoms with Crippen molar-refractivity contribution in [2.45, 2.75) is 25.7 Å². The number of nitrogens with zero attached hydrogens (tertiary/aromatic N) is 1. The van der Waals surface area contributed by atoms with Gasteiger partial charge in [0.15, 0.2) is 0 Å². The smallest absolute Gasteiger partial charge is 0.283 e. The fourth-order valence-electron chi connectivity index (χ4n) is 4.05. The predicted octanol–water partition coefficient (Wildman–Crippen LogP) is 7.39. The van der Waals surface area contributed by atoms with E-state index in [2.05, 4.69) is 5.32 Å². The van der Waals surface area contributed by atoms with Crippen LogP contribution in [0.3, 0.4) is 0 Å². The fourth-order valence-corrected chi connectivity index (χ4v) is 4.98. The quantitative estimate of drug-likeness (QED) is 0.265. The molecule has 4 aromatic carbocycles. The number of benzene rings is 4. The molecule has 4 aromatic rings. The first-order valence-corrected chi connectivity index (χ1v) is 12.8. The summed E-state index contributed by atoms with van der Waals surface area (Å²) >= 11 is 1.29. The lowest BCUT2D eigenvalue weighted by Crippen LogP contribution is -2.32. The molecule has 0 saturated carbocycles. The number of hydrogen-bond acceptors (Lipinski definition) is 5. The predicted molar refractivity (Wildman–Crippen MR) is 149 cm³/mol. The highest BCUT2D eigenvalue weighted by atomic mass is 32.2. The van der Waals surface area contributed by atoms with Gasteiger partial charge >= 0.3 is 0 Å². The van der Waals surface area contributed by atoms with Crippen LogP contribution in [0.2, 0.25) is 0 Å². The van der Waals surface area contributed by atoms with Gasteiger partial charge in [0.2, 0.25) is 0 Å². The number of rotatable bonds is 7. The molecule has 5 rings (SSSR count). The lowest BCUT2D eigenvalue weighted by molar-refractivity contribution is -0.120. The number of para-hydroxylation sites is 1. The number of thioether (sulfide) groups is 1. The van der Waals surface area contributed by atoms with Crippen molar-refractivity contribution in [3.05, 3.63) is 124 Å². The second-order valence-electron chi connectivity index (χ2n) is 8.92. The largest absolute Gasteiger partial charge is 0.457 e. The van der Waals surface area contributed by atoms with Crippen molar-refractivity contribution in [2.75, 3.05) is 10.2 Å². The van der Waals surface area contributed by atoms with Crippen molar-refractivity contribution in [3.8, 4) is 11.5 Å². The number of ether oxygens (including phenoxy) is 1. The summed E-state index contributed by atoms with van der Waals surface area (Å²) in [6.45, 7) is 6.01. The van der Waals surface area contributed by atoms with Crippen LogP contribution >= 0.6 is 11.8 Å². The Hall–Kier alpha value is -4.29. The van der Waals surface area contributed by atoms with E-state index in [0.29, 0.717) is 22.1 Å². The van der Waals surface area contributed by atoms with Gasteiger partial charge in [0, 0.05) is 10.6 Å². The molecule has 0 radical (unpaired) electrons. The molecule has 0 fully saturated rings. The zero-order valence-corrected chi connectivity index (χ0v) is 21.6. The summed E-state index contributed by atoms with van der Waals surface area (Å²) in [7, 11) is 0. The Morgan fingerprint density at radius 1 is 0.703 bits per heavy atom. The van der Waals surface area contributed by atoms with Crippen molar-refractivity contribution in [3.63, 3.8) is 0 Å². The molecular weight excluding hydrogens is 480 g/mol. The van der Waals surface area contributed by atoms with Gasteiger partial charge < -0.3 is 10.1 Å². The molecule has 0 aromatic heterocycles. The molecule has 2 amide bonds. The Morgan fingerprint density at radius 3 is 2.03 bits per heavy atom. The summed E-state index contributed by atoms with van der Waals surface area (Å²) in [4.78, 5) is 29.8. The van der Waals surface area contributed by atoms with Crippen LogP contribution in [0.15, 0.2) is 113 Å². The molecule has 0 aliphatic carbocycles. The molecule has 0 atom stereocenters. The van der Waals surface area contributed by atoms with Crippen molar-refractivity contribution in [1.82, 2.24) is 0 Å². The van der Waals surface area contributed by atoms with Gasteiger partial charge in [-0.3, -0.25) is 9.59 Å². The summed E-state index contributed by atoms with van der Waals surface area (Å²) in [6, 6.07) is 30.3. The molecule has 1 heterocycles. The SMILES string of the molecule is Cc1ccc(SC2=C(Nc3ccc(C)cc3C)C(=O)N(c3ccc(Oc4ccccc4)cc3)C2=O)cc1. The van der Waals surface area contributed by atoms with Gasteiger partial charge in [-0.05, 0) is 80.9 Å². The Balaban J connectivity index is 1.46. The van der Waals surface area contributed by atoms with Crippen LogP contribution in [0.5, 0.6) is 11.5 Å². The van der Waals surface area contributed by atoms with Gasteiger partial charge in [0.1, 0.15) is 22.1 Å². The second-order valence-corrected chi connectivity index (χ2v) is 10.0. The van der Waals surface area contributed by atoms with Crippen LogP contribution in [0.1, 0.15) is 16.7 Å². The summed E-state index contributed by atoms with van der Waals surface area (Å²) < 4.78 is 5.87. The van der Waals surface area contributed by atoms with Crippen molar-refractivity contribution < 1.29 is 14.3 Å². The molecule has 1 N–H and O–H groups in total. The van der Waals surface area contributed by atoms with E-state index in [4.69, 9.17) is 4.74 Å². The molecule has 0 spiro atoms. The number of amides is 2. The Labute approximate surface area is 220 Å². The standard InChI is InChI=1S/C31H26N2O3S/c1-20-9-16-26(17-10-20)37-29-28(32-27-18-11-21(2)19-22(27)3)30(34)33(31(29)35)23-12-14-25(15-13-23)36-24-7-5-4-6-8-24/h4-19,32H,1-3H3. The summed E-state index contributed by atoms with van der Waals surface area (Å²) in [6.07, 6.45) is 0. The summed E-state index contributed by atoms with van der Waals surface area (Å²) in [5.74, 6) is 0.572. The molecule has 0 saturated heterocycles. The maximum Gasteiger partial charge on any atom is 0.283 e. The van der Waals surface area contributed by atoms with Gasteiger partial charge in [-0.1, -0.05) is 65.4 Å². The van der Waals surface area contributed by atoms with Crippen molar-refractivity contribution in [1.29, 1.82) is 0 Å². The van der Waals surface area contributed by atoms with Gasteiger partial charge in [-0.2, -0.15) is 0 Å². The maximum atomic E-state index is 13.7. The van der Waals surface area contributed by atoms with Crippen LogP contribution in [-0.4, -0.2) is 11.8 Å². The minimum absolute atomic E-state index is 0.271. The monoisotopic (exact) mass is 506 g/mol. The highest BCUT2D eigenvalue weighted by molar-refractivity contribution is 8.04. The number of carbonyl (C=O) groups excluding carboxylic acids is 2. The van der Waals surface area contributed by atoms with E-state index in [0.717, 1.165) is 27.3 Å². The first kappa shape index (κ1) is 24.4. The Morgan fingerprint density at radius 2 is 1.35 bits per heavy atom. The zero-order chi connectivity index (χ0) is 25.9. The van der Waals surface area contributed by atoms with Crippen LogP contribution in [0.25, 0.3) is 0 Å². The molecule has 37 heavy (non-hydrogen) atoms. The van der Waals surface area contributed by atoms with E-state index in [1.54, 1.807) is 24.3 Å². The molecule has 0 bridgehead atoms. The van der Waals surface area contributed by atoms with E-state index in [9.17, 15) is 9.59 Å². The van der Waals surface area contributed by atoms with Crippen molar-refractivity contribution >= 4 is 35.0 Å². The molecule has 1 aliphatic rings.